The van der Waals surface area contributed by atoms with Gasteiger partial charge in [0, 0.05) is 6.20 Å². The minimum atomic E-state index is -0.233. The van der Waals surface area contributed by atoms with Crippen LogP contribution in [0, 0.1) is 0 Å². The summed E-state index contributed by atoms with van der Waals surface area (Å²) in [5, 5.41) is 2.80. The van der Waals surface area contributed by atoms with Crippen molar-refractivity contribution in [1.29, 1.82) is 0 Å². The topological polar surface area (TPSA) is 55.1 Å². The van der Waals surface area contributed by atoms with Gasteiger partial charge in [-0.15, -0.1) is 0 Å². The van der Waals surface area contributed by atoms with Gasteiger partial charge in [-0.2, -0.15) is 0 Å². The number of furan rings is 1. The Bertz CT molecular complexity index is 451. The van der Waals surface area contributed by atoms with E-state index in [1.54, 1.807) is 18.3 Å². The second kappa shape index (κ2) is 4.61. The number of carbonyl (C=O) groups excluding carboxylic acids is 1. The van der Waals surface area contributed by atoms with Crippen LogP contribution in [0.2, 0.25) is 0 Å². The Labute approximate surface area is 93.3 Å². The lowest BCUT2D eigenvalue weighted by Crippen LogP contribution is -2.26. The quantitative estimate of drug-likeness (QED) is 0.855. The zero-order chi connectivity index (χ0) is 11.4. The number of pyridine rings is 1. The van der Waals surface area contributed by atoms with E-state index in [4.69, 9.17) is 4.42 Å². The van der Waals surface area contributed by atoms with Gasteiger partial charge in [-0.25, -0.2) is 0 Å². The number of rotatable bonds is 3. The maximum Gasteiger partial charge on any atom is 0.287 e. The average Bonchev–Trinajstić information content (AvgIpc) is 2.83. The molecule has 0 saturated carbocycles. The summed E-state index contributed by atoms with van der Waals surface area (Å²) in [4.78, 5) is 15.8. The van der Waals surface area contributed by atoms with Crippen molar-refractivity contribution in [1.82, 2.24) is 10.3 Å². The zero-order valence-electron chi connectivity index (χ0n) is 8.88. The van der Waals surface area contributed by atoms with E-state index < -0.39 is 0 Å². The molecule has 0 aliphatic rings. The monoisotopic (exact) mass is 216 g/mol. The third-order valence-electron chi connectivity index (χ3n) is 2.22. The molecule has 2 rings (SSSR count). The van der Waals surface area contributed by atoms with E-state index in [0.717, 1.165) is 5.69 Å². The first-order valence-electron chi connectivity index (χ1n) is 5.02. The Morgan fingerprint density at radius 2 is 2.25 bits per heavy atom. The van der Waals surface area contributed by atoms with Gasteiger partial charge in [-0.1, -0.05) is 6.07 Å². The summed E-state index contributed by atoms with van der Waals surface area (Å²) in [7, 11) is 0. The number of carbonyl (C=O) groups is 1. The molecule has 1 N–H and O–H groups in total. The molecule has 16 heavy (non-hydrogen) atoms. The first-order valence-corrected chi connectivity index (χ1v) is 5.02. The van der Waals surface area contributed by atoms with E-state index in [0.29, 0.717) is 5.76 Å². The molecule has 0 fully saturated rings. The molecule has 2 heterocycles. The summed E-state index contributed by atoms with van der Waals surface area (Å²) >= 11 is 0. The lowest BCUT2D eigenvalue weighted by molar-refractivity contribution is 0.0911. The molecule has 4 nitrogen and oxygen atoms in total. The number of aromatic nitrogens is 1. The molecule has 0 aliphatic carbocycles. The first-order chi connectivity index (χ1) is 7.77. The third-order valence-corrected chi connectivity index (χ3v) is 2.22. The van der Waals surface area contributed by atoms with Gasteiger partial charge in [0.1, 0.15) is 0 Å². The van der Waals surface area contributed by atoms with Gasteiger partial charge in [-0.05, 0) is 31.2 Å². The van der Waals surface area contributed by atoms with Crippen LogP contribution in [-0.2, 0) is 0 Å². The van der Waals surface area contributed by atoms with Crippen molar-refractivity contribution in [3.63, 3.8) is 0 Å². The minimum absolute atomic E-state index is 0.140. The minimum Gasteiger partial charge on any atom is -0.459 e. The van der Waals surface area contributed by atoms with Crippen LogP contribution < -0.4 is 5.32 Å². The second-order valence-corrected chi connectivity index (χ2v) is 3.43. The fourth-order valence-corrected chi connectivity index (χ4v) is 1.38. The molecular weight excluding hydrogens is 204 g/mol. The van der Waals surface area contributed by atoms with Crippen LogP contribution in [0.15, 0.2) is 47.2 Å². The molecule has 0 saturated heterocycles. The van der Waals surface area contributed by atoms with Crippen molar-refractivity contribution in [3.05, 3.63) is 54.2 Å². The van der Waals surface area contributed by atoms with E-state index in [9.17, 15) is 4.79 Å². The van der Waals surface area contributed by atoms with Crippen LogP contribution in [-0.4, -0.2) is 10.9 Å². The molecule has 4 heteroatoms. The van der Waals surface area contributed by atoms with E-state index in [-0.39, 0.29) is 11.9 Å². The molecule has 0 bridgehead atoms. The number of hydrogen-bond donors (Lipinski definition) is 1. The Kier molecular flexibility index (Phi) is 3.00. The summed E-state index contributed by atoms with van der Waals surface area (Å²) in [6.07, 6.45) is 3.17. The fraction of sp³-hybridized carbons (Fsp3) is 0.167. The summed E-state index contributed by atoms with van der Waals surface area (Å²) in [6, 6.07) is 8.76. The molecule has 0 unspecified atom stereocenters. The van der Waals surface area contributed by atoms with Crippen LogP contribution in [0.5, 0.6) is 0 Å². The van der Waals surface area contributed by atoms with Crippen LogP contribution >= 0.6 is 0 Å². The van der Waals surface area contributed by atoms with Crippen molar-refractivity contribution in [3.8, 4) is 0 Å². The standard InChI is InChI=1S/C12H12N2O2/c1-9(10-5-2-3-7-13-10)14-12(15)11-6-4-8-16-11/h2-9H,1H3,(H,14,15)/t9-/m0/s1. The predicted octanol–water partition coefficient (Wildman–Crippen LogP) is 2.17. The van der Waals surface area contributed by atoms with Gasteiger partial charge in [0.25, 0.3) is 5.91 Å². The first kappa shape index (κ1) is 10.4. The smallest absolute Gasteiger partial charge is 0.287 e. The van der Waals surface area contributed by atoms with Crippen molar-refractivity contribution >= 4 is 5.91 Å². The summed E-state index contributed by atoms with van der Waals surface area (Å²) in [6.45, 7) is 1.88. The lowest BCUT2D eigenvalue weighted by atomic mass is 10.2. The molecule has 1 amide bonds. The summed E-state index contributed by atoms with van der Waals surface area (Å²) < 4.78 is 5.00. The molecule has 0 aliphatic heterocycles. The second-order valence-electron chi connectivity index (χ2n) is 3.43. The highest BCUT2D eigenvalue weighted by Crippen LogP contribution is 2.09. The summed E-state index contributed by atoms with van der Waals surface area (Å²) in [5.74, 6) is 0.0749. The van der Waals surface area contributed by atoms with Gasteiger partial charge < -0.3 is 9.73 Å². The number of nitrogens with one attached hydrogen (secondary N) is 1. The van der Waals surface area contributed by atoms with Gasteiger partial charge in [0.2, 0.25) is 0 Å². The molecule has 0 aromatic carbocycles. The van der Waals surface area contributed by atoms with Gasteiger partial charge in [0.05, 0.1) is 18.0 Å². The highest BCUT2D eigenvalue weighted by atomic mass is 16.3. The molecule has 82 valence electrons. The van der Waals surface area contributed by atoms with Crippen LogP contribution in [0.1, 0.15) is 29.2 Å². The van der Waals surface area contributed by atoms with Crippen molar-refractivity contribution in [2.75, 3.05) is 0 Å². The normalized spacial score (nSPS) is 12.1. The van der Waals surface area contributed by atoms with Crippen molar-refractivity contribution in [2.24, 2.45) is 0 Å². The summed E-state index contributed by atoms with van der Waals surface area (Å²) in [5.41, 5.74) is 0.822. The molecule has 0 spiro atoms. The van der Waals surface area contributed by atoms with E-state index >= 15 is 0 Å². The Morgan fingerprint density at radius 3 is 2.88 bits per heavy atom. The highest BCUT2D eigenvalue weighted by molar-refractivity contribution is 5.91. The van der Waals surface area contributed by atoms with Crippen LogP contribution in [0.4, 0.5) is 0 Å². The Balaban J connectivity index is 2.03. The van der Waals surface area contributed by atoms with E-state index in [1.807, 2.05) is 25.1 Å². The van der Waals surface area contributed by atoms with E-state index in [1.165, 1.54) is 6.26 Å². The number of amides is 1. The van der Waals surface area contributed by atoms with Crippen LogP contribution in [0.25, 0.3) is 0 Å². The Morgan fingerprint density at radius 1 is 1.38 bits per heavy atom. The maximum absolute atomic E-state index is 11.7. The Hall–Kier alpha value is -2.10. The van der Waals surface area contributed by atoms with E-state index in [2.05, 4.69) is 10.3 Å². The molecule has 1 atom stereocenters. The zero-order valence-corrected chi connectivity index (χ0v) is 8.88. The number of nitrogens with zero attached hydrogens (tertiary/aromatic N) is 1. The predicted molar refractivity (Wildman–Crippen MR) is 58.8 cm³/mol. The SMILES string of the molecule is C[C@H](NC(=O)c1ccco1)c1ccccn1. The maximum atomic E-state index is 11.7. The van der Waals surface area contributed by atoms with Gasteiger partial charge >= 0.3 is 0 Å². The van der Waals surface area contributed by atoms with Crippen molar-refractivity contribution < 1.29 is 9.21 Å². The average molecular weight is 216 g/mol. The molecule has 2 aromatic heterocycles. The number of hydrogen-bond acceptors (Lipinski definition) is 3. The van der Waals surface area contributed by atoms with Crippen molar-refractivity contribution in [2.45, 2.75) is 13.0 Å². The van der Waals surface area contributed by atoms with Gasteiger partial charge in [-0.3, -0.25) is 9.78 Å². The fourth-order valence-electron chi connectivity index (χ4n) is 1.38. The molecule has 0 radical (unpaired) electrons. The van der Waals surface area contributed by atoms with Gasteiger partial charge in [0.15, 0.2) is 5.76 Å². The highest BCUT2D eigenvalue weighted by Gasteiger charge is 2.13. The third kappa shape index (κ3) is 2.28. The molecule has 2 aromatic rings. The molecular formula is C12H12N2O2. The largest absolute Gasteiger partial charge is 0.459 e. The lowest BCUT2D eigenvalue weighted by Gasteiger charge is -2.11. The van der Waals surface area contributed by atoms with Crippen LogP contribution in [0.3, 0.4) is 0 Å².